The third kappa shape index (κ3) is 6.45. The van der Waals surface area contributed by atoms with E-state index in [1.807, 2.05) is 51.1 Å². The predicted octanol–water partition coefficient (Wildman–Crippen LogP) is 2.29. The Hall–Kier alpha value is -2.04. The topological polar surface area (TPSA) is 62.7 Å². The van der Waals surface area contributed by atoms with Gasteiger partial charge in [-0.1, -0.05) is 30.3 Å². The summed E-state index contributed by atoms with van der Waals surface area (Å²) in [5, 5.41) is 5.61. The third-order valence-electron chi connectivity index (χ3n) is 2.15. The molecule has 0 saturated heterocycles. The molecule has 0 fully saturated rings. The van der Waals surface area contributed by atoms with Crippen LogP contribution in [0.25, 0.3) is 0 Å². The normalized spacial score (nSPS) is 11.9. The van der Waals surface area contributed by atoms with Crippen molar-refractivity contribution in [1.29, 1.82) is 0 Å². The molecule has 0 bridgehead atoms. The number of hydrogen-bond donors (Lipinski definition) is 2. The highest BCUT2D eigenvalue weighted by Crippen LogP contribution is 2.06. The molecule has 0 aliphatic carbocycles. The van der Waals surface area contributed by atoms with Crippen molar-refractivity contribution in [1.82, 2.24) is 10.6 Å². The van der Waals surface area contributed by atoms with Gasteiger partial charge in [-0.05, 0) is 26.3 Å². The van der Waals surface area contributed by atoms with Gasteiger partial charge < -0.3 is 10.1 Å². The molecule has 104 valence electrons. The Morgan fingerprint density at radius 2 is 1.89 bits per heavy atom. The van der Waals surface area contributed by atoms with E-state index in [1.165, 1.54) is 0 Å². The Morgan fingerprint density at radius 1 is 1.26 bits per heavy atom. The van der Waals surface area contributed by atoms with Crippen molar-refractivity contribution in [3.63, 3.8) is 0 Å². The number of aliphatic imine (C=N–C) groups is 1. The highest BCUT2D eigenvalue weighted by atomic mass is 16.6. The van der Waals surface area contributed by atoms with E-state index < -0.39 is 11.7 Å². The van der Waals surface area contributed by atoms with E-state index in [1.54, 1.807) is 7.05 Å². The van der Waals surface area contributed by atoms with Crippen molar-refractivity contribution in [2.24, 2.45) is 4.99 Å². The number of carbonyl (C=O) groups is 1. The number of nitrogens with one attached hydrogen (secondary N) is 2. The smallest absolute Gasteiger partial charge is 0.414 e. The first-order valence-corrected chi connectivity index (χ1v) is 6.15. The van der Waals surface area contributed by atoms with Crippen LogP contribution in [-0.4, -0.2) is 24.7 Å². The first-order valence-electron chi connectivity index (χ1n) is 6.15. The number of carbonyl (C=O) groups excluding carboxylic acids is 1. The van der Waals surface area contributed by atoms with Crippen LogP contribution in [0.5, 0.6) is 0 Å². The molecule has 5 nitrogen and oxygen atoms in total. The van der Waals surface area contributed by atoms with E-state index in [-0.39, 0.29) is 0 Å². The monoisotopic (exact) mass is 263 g/mol. The van der Waals surface area contributed by atoms with Crippen molar-refractivity contribution >= 4 is 12.1 Å². The van der Waals surface area contributed by atoms with Crippen LogP contribution in [0, 0.1) is 0 Å². The number of ether oxygens (including phenoxy) is 1. The van der Waals surface area contributed by atoms with Gasteiger partial charge in [0.25, 0.3) is 0 Å². The van der Waals surface area contributed by atoms with Gasteiger partial charge in [0.15, 0.2) is 0 Å². The van der Waals surface area contributed by atoms with Crippen LogP contribution in [0.3, 0.4) is 0 Å². The van der Waals surface area contributed by atoms with Gasteiger partial charge in [0.05, 0.1) is 0 Å². The van der Waals surface area contributed by atoms with E-state index in [9.17, 15) is 4.79 Å². The molecule has 1 aromatic carbocycles. The fraction of sp³-hybridized carbons (Fsp3) is 0.429. The summed E-state index contributed by atoms with van der Waals surface area (Å²) in [5.41, 5.74) is 0.581. The second-order valence-electron chi connectivity index (χ2n) is 5.04. The first kappa shape index (κ1) is 15.0. The summed E-state index contributed by atoms with van der Waals surface area (Å²) in [7, 11) is 1.60. The number of benzene rings is 1. The van der Waals surface area contributed by atoms with Crippen molar-refractivity contribution in [3.05, 3.63) is 35.9 Å². The van der Waals surface area contributed by atoms with E-state index in [4.69, 9.17) is 4.74 Å². The molecule has 1 aromatic rings. The molecule has 0 aromatic heterocycles. The van der Waals surface area contributed by atoms with Crippen LogP contribution in [0.2, 0.25) is 0 Å². The maximum Gasteiger partial charge on any atom is 0.414 e. The summed E-state index contributed by atoms with van der Waals surface area (Å²) in [6.07, 6.45) is -0.520. The Labute approximate surface area is 114 Å². The summed E-state index contributed by atoms with van der Waals surface area (Å²) in [4.78, 5) is 15.6. The lowest BCUT2D eigenvalue weighted by molar-refractivity contribution is 0.0561. The molecule has 0 spiro atoms. The maximum absolute atomic E-state index is 11.6. The van der Waals surface area contributed by atoms with Crippen LogP contribution in [0.4, 0.5) is 4.79 Å². The van der Waals surface area contributed by atoms with E-state index in [2.05, 4.69) is 15.6 Å². The average molecular weight is 263 g/mol. The number of alkyl carbamates (subject to hydrolysis) is 1. The van der Waals surface area contributed by atoms with Crippen molar-refractivity contribution < 1.29 is 9.53 Å². The van der Waals surface area contributed by atoms with Gasteiger partial charge in [0.1, 0.15) is 5.60 Å². The van der Waals surface area contributed by atoms with Crippen LogP contribution in [0.15, 0.2) is 35.3 Å². The lowest BCUT2D eigenvalue weighted by Gasteiger charge is -2.20. The molecule has 1 rings (SSSR count). The summed E-state index contributed by atoms with van der Waals surface area (Å²) in [5.74, 6) is 0.387. The molecule has 0 heterocycles. The summed E-state index contributed by atoms with van der Waals surface area (Å²) < 4.78 is 5.15. The molecular weight excluding hydrogens is 242 g/mol. The molecule has 5 heteroatoms. The molecule has 0 radical (unpaired) electrons. The number of rotatable bonds is 2. The second-order valence-corrected chi connectivity index (χ2v) is 5.04. The Morgan fingerprint density at radius 3 is 2.42 bits per heavy atom. The molecule has 0 unspecified atom stereocenters. The van der Waals surface area contributed by atoms with E-state index >= 15 is 0 Å². The minimum absolute atomic E-state index is 0.387. The molecule has 19 heavy (non-hydrogen) atoms. The Balaban J connectivity index is 2.45. The number of guanidine groups is 1. The van der Waals surface area contributed by atoms with E-state index in [0.717, 1.165) is 5.56 Å². The predicted molar refractivity (Wildman–Crippen MR) is 76.0 cm³/mol. The van der Waals surface area contributed by atoms with Crippen molar-refractivity contribution in [3.8, 4) is 0 Å². The summed E-state index contributed by atoms with van der Waals surface area (Å²) >= 11 is 0. The van der Waals surface area contributed by atoms with Crippen LogP contribution < -0.4 is 10.6 Å². The molecule has 0 aliphatic heterocycles. The zero-order valence-electron chi connectivity index (χ0n) is 11.9. The first-order chi connectivity index (χ1) is 8.90. The summed E-state index contributed by atoms with van der Waals surface area (Å²) in [6.45, 7) is 6.02. The summed E-state index contributed by atoms with van der Waals surface area (Å²) in [6, 6.07) is 9.86. The second kappa shape index (κ2) is 6.78. The number of nitrogens with zero attached hydrogens (tertiary/aromatic N) is 1. The largest absolute Gasteiger partial charge is 0.444 e. The fourth-order valence-corrected chi connectivity index (χ4v) is 1.36. The van der Waals surface area contributed by atoms with Gasteiger partial charge in [0, 0.05) is 13.6 Å². The van der Waals surface area contributed by atoms with Gasteiger partial charge in [-0.15, -0.1) is 0 Å². The van der Waals surface area contributed by atoms with Crippen LogP contribution >= 0.6 is 0 Å². The van der Waals surface area contributed by atoms with Gasteiger partial charge in [0.2, 0.25) is 5.96 Å². The lowest BCUT2D eigenvalue weighted by atomic mass is 10.2. The lowest BCUT2D eigenvalue weighted by Crippen LogP contribution is -2.43. The quantitative estimate of drug-likeness (QED) is 0.635. The Bertz CT molecular complexity index is 436. The molecule has 0 aliphatic rings. The highest BCUT2D eigenvalue weighted by Gasteiger charge is 2.17. The third-order valence-corrected chi connectivity index (χ3v) is 2.15. The molecule has 2 N–H and O–H groups in total. The zero-order valence-corrected chi connectivity index (χ0v) is 11.9. The van der Waals surface area contributed by atoms with Gasteiger partial charge in [-0.25, -0.2) is 4.79 Å². The van der Waals surface area contributed by atoms with Gasteiger partial charge in [-0.3, -0.25) is 10.3 Å². The molecule has 0 saturated carbocycles. The SMILES string of the molecule is CN=C(NCc1ccccc1)NC(=O)OC(C)(C)C. The van der Waals surface area contributed by atoms with E-state index in [0.29, 0.717) is 12.5 Å². The van der Waals surface area contributed by atoms with Crippen LogP contribution in [-0.2, 0) is 11.3 Å². The van der Waals surface area contributed by atoms with Crippen molar-refractivity contribution in [2.45, 2.75) is 32.9 Å². The highest BCUT2D eigenvalue weighted by molar-refractivity contribution is 5.93. The molecule has 1 amide bonds. The van der Waals surface area contributed by atoms with Gasteiger partial charge in [-0.2, -0.15) is 0 Å². The average Bonchev–Trinajstić information content (AvgIpc) is 2.33. The number of hydrogen-bond acceptors (Lipinski definition) is 3. The minimum Gasteiger partial charge on any atom is -0.444 e. The number of amides is 1. The fourth-order valence-electron chi connectivity index (χ4n) is 1.36. The minimum atomic E-state index is -0.525. The Kier molecular flexibility index (Phi) is 5.36. The van der Waals surface area contributed by atoms with Crippen LogP contribution in [0.1, 0.15) is 26.3 Å². The van der Waals surface area contributed by atoms with Crippen molar-refractivity contribution in [2.75, 3.05) is 7.05 Å². The molecule has 0 atom stereocenters. The molecular formula is C14H21N3O2. The maximum atomic E-state index is 11.6. The zero-order chi connectivity index (χ0) is 14.3. The van der Waals surface area contributed by atoms with Gasteiger partial charge >= 0.3 is 6.09 Å². The standard InChI is InChI=1S/C14H21N3O2/c1-14(2,3)19-13(18)17-12(15-4)16-10-11-8-6-5-7-9-11/h5-9H,10H2,1-4H3,(H2,15,16,17,18).